The molecule has 1 aliphatic heterocycles. The molecule has 0 spiro atoms. The maximum atomic E-state index is 13.4. The number of fused-ring (bicyclic) bond motifs is 1. The van der Waals surface area contributed by atoms with Crippen LogP contribution in [0.4, 0.5) is 20.6 Å². The number of carbonyl (C=O) groups is 2. The molecule has 41 heavy (non-hydrogen) atoms. The van der Waals surface area contributed by atoms with E-state index < -0.39 is 34.0 Å². The number of ether oxygens (including phenoxy) is 1. The number of benzene rings is 2. The third kappa shape index (κ3) is 7.41. The van der Waals surface area contributed by atoms with E-state index in [4.69, 9.17) is 4.74 Å². The smallest absolute Gasteiger partial charge is 0.323 e. The quantitative estimate of drug-likeness (QED) is 0.357. The molecule has 1 aliphatic rings. The van der Waals surface area contributed by atoms with Gasteiger partial charge in [0.05, 0.1) is 25.6 Å². The molecule has 10 nitrogen and oxygen atoms in total. The van der Waals surface area contributed by atoms with Crippen molar-refractivity contribution in [3.8, 4) is 5.75 Å². The number of nitrogens with zero attached hydrogens (tertiary/aromatic N) is 2. The maximum Gasteiger partial charge on any atom is 0.323 e. The van der Waals surface area contributed by atoms with Crippen LogP contribution in [-0.2, 0) is 21.2 Å². The van der Waals surface area contributed by atoms with E-state index in [-0.39, 0.29) is 42.2 Å². The van der Waals surface area contributed by atoms with Gasteiger partial charge in [-0.3, -0.25) is 4.79 Å². The molecule has 0 saturated heterocycles. The molecule has 0 aliphatic carbocycles. The van der Waals surface area contributed by atoms with Crippen LogP contribution in [-0.4, -0.2) is 73.6 Å². The molecule has 13 heteroatoms. The fraction of sp³-hybridized carbons (Fsp3) is 0.357. The van der Waals surface area contributed by atoms with E-state index >= 15 is 0 Å². The molecule has 0 saturated carbocycles. The number of nitrogens with one attached hydrogen (secondary N) is 2. The van der Waals surface area contributed by atoms with Crippen molar-refractivity contribution >= 4 is 44.7 Å². The standard InChI is InChI=1S/C28H33FN4O6S2/c1-18-15-33(19(2)17-34)26(35)14-20-13-23(31-28(36)30-22-8-6-21(29)7-9-22)10-11-24(20)39-25(18)16-32(3)41(37,38)27-5-4-12-40-27/h4-13,18-19,25,34H,14-17H2,1-3H3,(H2,30,31,36)/t18-,19-,25-/m0/s1. The van der Waals surface area contributed by atoms with Crippen LogP contribution in [0.5, 0.6) is 5.75 Å². The summed E-state index contributed by atoms with van der Waals surface area (Å²) in [6, 6.07) is 12.4. The minimum absolute atomic E-state index is 0.0243. The summed E-state index contributed by atoms with van der Waals surface area (Å²) in [5, 5.41) is 16.9. The second-order valence-electron chi connectivity index (χ2n) is 10.0. The van der Waals surface area contributed by atoms with Gasteiger partial charge in [-0.25, -0.2) is 17.6 Å². The van der Waals surface area contributed by atoms with E-state index in [2.05, 4.69) is 10.6 Å². The van der Waals surface area contributed by atoms with E-state index in [1.54, 1.807) is 47.5 Å². The lowest BCUT2D eigenvalue weighted by molar-refractivity contribution is -0.134. The first-order chi connectivity index (χ1) is 19.5. The Balaban J connectivity index is 1.60. The van der Waals surface area contributed by atoms with Crippen molar-refractivity contribution in [3.05, 3.63) is 71.4 Å². The Labute approximate surface area is 242 Å². The molecule has 3 aromatic rings. The molecule has 3 atom stereocenters. The van der Waals surface area contributed by atoms with Gasteiger partial charge in [-0.15, -0.1) is 11.3 Å². The summed E-state index contributed by atoms with van der Waals surface area (Å²) in [5.74, 6) is -0.568. The molecule has 4 rings (SSSR count). The van der Waals surface area contributed by atoms with Gasteiger partial charge in [0, 0.05) is 36.4 Å². The number of rotatable bonds is 8. The molecule has 3 N–H and O–H groups in total. The summed E-state index contributed by atoms with van der Waals surface area (Å²) < 4.78 is 47.3. The summed E-state index contributed by atoms with van der Waals surface area (Å²) in [4.78, 5) is 27.5. The first-order valence-corrected chi connectivity index (χ1v) is 15.3. The topological polar surface area (TPSA) is 128 Å². The van der Waals surface area contributed by atoms with Crippen molar-refractivity contribution in [2.24, 2.45) is 5.92 Å². The largest absolute Gasteiger partial charge is 0.488 e. The zero-order valence-corrected chi connectivity index (χ0v) is 24.5. The molecular weight excluding hydrogens is 571 g/mol. The predicted octanol–water partition coefficient (Wildman–Crippen LogP) is 4.00. The van der Waals surface area contributed by atoms with Gasteiger partial charge in [0.25, 0.3) is 10.0 Å². The normalized spacial score (nSPS) is 18.5. The van der Waals surface area contributed by atoms with E-state index in [9.17, 15) is 27.5 Å². The number of hydrogen-bond donors (Lipinski definition) is 3. The number of sulfonamides is 1. The maximum absolute atomic E-state index is 13.4. The molecule has 0 fully saturated rings. The molecule has 220 valence electrons. The van der Waals surface area contributed by atoms with Gasteiger partial charge in [-0.1, -0.05) is 13.0 Å². The van der Waals surface area contributed by atoms with Crippen molar-refractivity contribution in [3.63, 3.8) is 0 Å². The van der Waals surface area contributed by atoms with Crippen LogP contribution in [0.15, 0.2) is 64.2 Å². The first-order valence-electron chi connectivity index (χ1n) is 13.0. The zero-order chi connectivity index (χ0) is 29.7. The SMILES string of the molecule is C[C@H]1CN([C@@H](C)CO)C(=O)Cc2cc(NC(=O)Nc3ccc(F)cc3)ccc2O[C@H]1CN(C)S(=O)(=O)c1cccs1. The molecule has 3 amide bonds. The second kappa shape index (κ2) is 13.0. The minimum Gasteiger partial charge on any atom is -0.488 e. The van der Waals surface area contributed by atoms with Gasteiger partial charge < -0.3 is 25.4 Å². The highest BCUT2D eigenvalue weighted by atomic mass is 32.2. The summed E-state index contributed by atoms with van der Waals surface area (Å²) in [6.07, 6.45) is -0.689. The van der Waals surface area contributed by atoms with Crippen LogP contribution >= 0.6 is 11.3 Å². The van der Waals surface area contributed by atoms with E-state index in [1.807, 2.05) is 6.92 Å². The Morgan fingerprint density at radius 1 is 1.20 bits per heavy atom. The van der Waals surface area contributed by atoms with Crippen molar-refractivity contribution in [2.45, 2.75) is 36.6 Å². The third-order valence-corrected chi connectivity index (χ3v) is 10.1. The van der Waals surface area contributed by atoms with Crippen LogP contribution < -0.4 is 15.4 Å². The Morgan fingerprint density at radius 3 is 2.54 bits per heavy atom. The number of anilines is 2. The number of thiophene rings is 1. The van der Waals surface area contributed by atoms with Gasteiger partial charge >= 0.3 is 6.03 Å². The molecule has 0 unspecified atom stereocenters. The van der Waals surface area contributed by atoms with Gasteiger partial charge in [0.15, 0.2) is 0 Å². The van der Waals surface area contributed by atoms with Crippen molar-refractivity contribution < 1.29 is 32.2 Å². The molecule has 2 heterocycles. The van der Waals surface area contributed by atoms with Crippen LogP contribution in [0, 0.1) is 11.7 Å². The van der Waals surface area contributed by atoms with E-state index in [0.29, 0.717) is 22.7 Å². The number of halogens is 1. The molecule has 0 radical (unpaired) electrons. The van der Waals surface area contributed by atoms with E-state index in [1.165, 1.54) is 35.6 Å². The Morgan fingerprint density at radius 2 is 1.88 bits per heavy atom. The Bertz CT molecular complexity index is 1470. The van der Waals surface area contributed by atoms with Crippen LogP contribution in [0.1, 0.15) is 19.4 Å². The molecule has 2 aromatic carbocycles. The monoisotopic (exact) mass is 604 g/mol. The highest BCUT2D eigenvalue weighted by Gasteiger charge is 2.33. The van der Waals surface area contributed by atoms with Crippen molar-refractivity contribution in [1.82, 2.24) is 9.21 Å². The predicted molar refractivity (Wildman–Crippen MR) is 155 cm³/mol. The number of aliphatic hydroxyl groups is 1. The number of hydrogen-bond acceptors (Lipinski definition) is 7. The Kier molecular flexibility index (Phi) is 9.64. The number of likely N-dealkylation sites (N-methyl/N-ethyl adjacent to an activating group) is 1. The Hall–Kier alpha value is -3.52. The number of urea groups is 1. The lowest BCUT2D eigenvalue weighted by atomic mass is 10.0. The average molecular weight is 605 g/mol. The summed E-state index contributed by atoms with van der Waals surface area (Å²) >= 11 is 1.13. The highest BCUT2D eigenvalue weighted by Crippen LogP contribution is 2.30. The van der Waals surface area contributed by atoms with Crippen LogP contribution in [0.2, 0.25) is 0 Å². The zero-order valence-electron chi connectivity index (χ0n) is 22.9. The molecule has 0 bridgehead atoms. The molecule has 1 aromatic heterocycles. The average Bonchev–Trinajstić information content (AvgIpc) is 3.49. The number of amides is 3. The number of carbonyl (C=O) groups excluding carboxylic acids is 2. The van der Waals surface area contributed by atoms with Crippen LogP contribution in [0.3, 0.4) is 0 Å². The van der Waals surface area contributed by atoms with Gasteiger partial charge in [-0.05, 0) is 60.8 Å². The minimum atomic E-state index is -3.74. The fourth-order valence-corrected chi connectivity index (χ4v) is 6.85. The van der Waals surface area contributed by atoms with E-state index in [0.717, 1.165) is 11.3 Å². The highest BCUT2D eigenvalue weighted by molar-refractivity contribution is 7.91. The lowest BCUT2D eigenvalue weighted by Gasteiger charge is -2.33. The van der Waals surface area contributed by atoms with Gasteiger partial charge in [0.1, 0.15) is 21.9 Å². The fourth-order valence-electron chi connectivity index (χ4n) is 4.47. The van der Waals surface area contributed by atoms with Gasteiger partial charge in [-0.2, -0.15) is 4.31 Å². The summed E-state index contributed by atoms with van der Waals surface area (Å²) in [7, 11) is -2.25. The first kappa shape index (κ1) is 30.4. The molecular formula is C28H33FN4O6S2. The van der Waals surface area contributed by atoms with Crippen molar-refractivity contribution in [1.29, 1.82) is 0 Å². The van der Waals surface area contributed by atoms with Gasteiger partial charge in [0.2, 0.25) is 5.91 Å². The third-order valence-electron chi connectivity index (χ3n) is 6.87. The summed E-state index contributed by atoms with van der Waals surface area (Å²) in [5.41, 5.74) is 1.28. The second-order valence-corrected chi connectivity index (χ2v) is 13.2. The van der Waals surface area contributed by atoms with Crippen LogP contribution in [0.25, 0.3) is 0 Å². The lowest BCUT2D eigenvalue weighted by Crippen LogP contribution is -2.48. The van der Waals surface area contributed by atoms with Crippen molar-refractivity contribution in [2.75, 3.05) is 37.4 Å². The summed E-state index contributed by atoms with van der Waals surface area (Å²) in [6.45, 7) is 3.65. The number of aliphatic hydroxyl groups excluding tert-OH is 1.